The molecule has 4 aliphatic carbocycles. The van der Waals surface area contributed by atoms with E-state index in [4.69, 9.17) is 75.8 Å². The number of hydrogen-bond acceptors (Lipinski definition) is 29. The molecule has 11 heterocycles. The normalized spacial score (nSPS) is 36.8. The molecule has 11 saturated heterocycles. The van der Waals surface area contributed by atoms with Gasteiger partial charge in [-0.2, -0.15) is 0 Å². The van der Waals surface area contributed by atoms with Gasteiger partial charge >= 0.3 is 77.6 Å². The van der Waals surface area contributed by atoms with Crippen molar-refractivity contribution in [2.75, 3.05) is 21.3 Å². The summed E-state index contributed by atoms with van der Waals surface area (Å²) >= 11 is 0. The van der Waals surface area contributed by atoms with E-state index in [0.29, 0.717) is 51.4 Å². The molecule has 15 fully saturated rings. The van der Waals surface area contributed by atoms with Crippen molar-refractivity contribution in [1.29, 1.82) is 0 Å². The van der Waals surface area contributed by atoms with E-state index in [1.54, 1.807) is 20.8 Å². The van der Waals surface area contributed by atoms with Gasteiger partial charge in [-0.15, -0.1) is 0 Å². The molecule has 0 N–H and O–H groups in total. The van der Waals surface area contributed by atoms with Gasteiger partial charge in [0, 0.05) is 23.7 Å². The van der Waals surface area contributed by atoms with Gasteiger partial charge in [0.15, 0.2) is 36.6 Å². The molecule has 29 nitrogen and oxygen atoms in total. The smallest absolute Gasteiger partial charge is 0.313 e. The van der Waals surface area contributed by atoms with Gasteiger partial charge in [0.1, 0.15) is 60.7 Å². The first kappa shape index (κ1) is 101. The minimum absolute atomic E-state index is 0. The van der Waals surface area contributed by atoms with Crippen LogP contribution in [-0.4, -0.2) is 197 Å². The summed E-state index contributed by atoms with van der Waals surface area (Å²) in [6, 6.07) is 0. The van der Waals surface area contributed by atoms with Gasteiger partial charge in [0.25, 0.3) is 0 Å². The SMILES string of the molecule is C.C.C.C.C.C.C.C.C.C.CCC(C)(C)C(=O)OC1C2CC3C(=O)OC1C3O2.CCC(C)(C)C(=O)OC1C2CC3C1OC(=O)C3C2C(=O)OC.CCC(C)(C)C(=O)OC1C2OC(=O)C3C2OC1C3C(=O)OC.CCC(C)C(=O)OC1C2CC3C(=O)OC1C3O2.CCC(C)C(=O)OC1C2CC3C1OC(=O)C3C2C(=O)OC. The van der Waals surface area contributed by atoms with Crippen LogP contribution in [0.2, 0.25) is 0 Å². The van der Waals surface area contributed by atoms with Crippen molar-refractivity contribution in [1.82, 2.24) is 0 Å². The molecule has 11 aliphatic heterocycles. The lowest BCUT2D eigenvalue weighted by Crippen LogP contribution is -2.49. The molecule has 15 rings (SSSR count). The highest BCUT2D eigenvalue weighted by atomic mass is 16.7. The number of carbonyl (C=O) groups is 13. The number of esters is 13. The molecule has 29 heteroatoms. The van der Waals surface area contributed by atoms with Crippen LogP contribution < -0.4 is 0 Å². The van der Waals surface area contributed by atoms with Gasteiger partial charge in [-0.25, -0.2) is 0 Å². The predicted molar refractivity (Wildman–Crippen MR) is 400 cm³/mol. The first-order chi connectivity index (χ1) is 47.2. The standard InChI is InChI=1S/C16H22O6.C15H20O7.C15H20O6.C13H18O5.C12H16O5.10CH4/c1-5-16(2,3)15(19)22-12-7-6-8-10(9(7)13(17)20-4)14(18)21-11(8)12;1-5-15(2,3)14(18)22-11-8-6(12(16)19-4)7-9(20-8)10(11)21-13(7)17;1-4-6(2)13(16)20-11-7-5-8-10(9(7)14(17)19-3)15(18)21-12(8)11;1-4-13(2,3)12(15)18-9-7-5-6-8(16-7)10(9)17-11(6)14;1-3-5(2)11(13)16-9-7-4-6-8(15-7)10(9)17-12(6)14;;;;;;;;;;/h7-12H,5-6H2,1-4H3;6-11H,5H2,1-4H3;6-12H,4-5H2,1-3H3;6-10H,4-5H2,1-3H3;5-10H,3-4H2,1-2H3;10*1H4. The van der Waals surface area contributed by atoms with Crippen LogP contribution in [0.3, 0.4) is 0 Å². The molecule has 0 aromatic rings. The number of rotatable bonds is 18. The summed E-state index contributed by atoms with van der Waals surface area (Å²) in [5, 5.41) is 0. The molecule has 0 spiro atoms. The summed E-state index contributed by atoms with van der Waals surface area (Å²) in [4.78, 5) is 155. The number of hydrogen-bond donors (Lipinski definition) is 0. The fourth-order valence-corrected chi connectivity index (χ4v) is 17.0. The molecule has 30 unspecified atom stereocenters. The number of fused-ring (bicyclic) bond motifs is 5. The quantitative estimate of drug-likeness (QED) is 0.0908. The first-order valence-corrected chi connectivity index (χ1v) is 35.4. The largest absolute Gasteiger partial charge is 0.469 e. The lowest BCUT2D eigenvalue weighted by Gasteiger charge is -2.32. The van der Waals surface area contributed by atoms with Crippen LogP contribution in [0.25, 0.3) is 0 Å². The molecule has 0 aromatic carbocycles. The van der Waals surface area contributed by atoms with Gasteiger partial charge in [-0.3, -0.25) is 62.3 Å². The zero-order valence-electron chi connectivity index (χ0n) is 59.5. The summed E-state index contributed by atoms with van der Waals surface area (Å²) in [6.07, 6.45) is -0.752. The van der Waals surface area contributed by atoms with Crippen LogP contribution in [-0.2, 0) is 138 Å². The number of ether oxygens (including phenoxy) is 16. The summed E-state index contributed by atoms with van der Waals surface area (Å²) in [7, 11) is 3.88. The first-order valence-electron chi connectivity index (χ1n) is 35.4. The monoisotopic (exact) mass is 1570 g/mol. The maximum atomic E-state index is 12.4. The predicted octanol–water partition coefficient (Wildman–Crippen LogP) is 10.8. The minimum Gasteiger partial charge on any atom is -0.469 e. The third-order valence-corrected chi connectivity index (χ3v) is 24.6. The lowest BCUT2D eigenvalue weighted by atomic mass is 9.78. The Bertz CT molecular complexity index is 3190. The highest BCUT2D eigenvalue weighted by Gasteiger charge is 2.74. The van der Waals surface area contributed by atoms with Gasteiger partial charge in [0.2, 0.25) is 0 Å². The van der Waals surface area contributed by atoms with Gasteiger partial charge < -0.3 is 75.8 Å². The van der Waals surface area contributed by atoms with Crippen molar-refractivity contribution in [3.05, 3.63) is 0 Å². The van der Waals surface area contributed by atoms with E-state index < -0.39 is 137 Å². The molecule has 110 heavy (non-hydrogen) atoms. The molecule has 4 saturated carbocycles. The van der Waals surface area contributed by atoms with E-state index >= 15 is 0 Å². The van der Waals surface area contributed by atoms with Crippen LogP contribution in [0.1, 0.15) is 222 Å². The molecule has 0 aromatic heterocycles. The average Bonchev–Trinajstić information content (AvgIpc) is 1.56. The molecular weight excluding hydrogens is 1440 g/mol. The second-order valence-corrected chi connectivity index (χ2v) is 31.1. The van der Waals surface area contributed by atoms with E-state index in [1.165, 1.54) is 21.3 Å². The van der Waals surface area contributed by atoms with Gasteiger partial charge in [0.05, 0.1) is 97.1 Å². The van der Waals surface area contributed by atoms with Crippen molar-refractivity contribution in [3.8, 4) is 0 Å². The van der Waals surface area contributed by atoms with Crippen LogP contribution in [0.4, 0.5) is 0 Å². The molecule has 0 amide bonds. The lowest BCUT2D eigenvalue weighted by molar-refractivity contribution is -0.173. The van der Waals surface area contributed by atoms with Crippen molar-refractivity contribution in [3.63, 3.8) is 0 Å². The Morgan fingerprint density at radius 3 is 1.01 bits per heavy atom. The van der Waals surface area contributed by atoms with Crippen molar-refractivity contribution >= 4 is 77.6 Å². The van der Waals surface area contributed by atoms with E-state index in [0.717, 1.165) is 6.42 Å². The summed E-state index contributed by atoms with van der Waals surface area (Å²) in [6.45, 7) is 24.2. The Morgan fingerprint density at radius 1 is 0.345 bits per heavy atom. The Labute approximate surface area is 653 Å². The Balaban J connectivity index is 0.000000674. The Kier molecular flexibility index (Phi) is 35.1. The van der Waals surface area contributed by atoms with Gasteiger partial charge in [-0.1, -0.05) is 123 Å². The molecule has 30 atom stereocenters. The highest BCUT2D eigenvalue weighted by molar-refractivity contribution is 5.89. The summed E-state index contributed by atoms with van der Waals surface area (Å²) in [5.74, 6) is -8.84. The third-order valence-electron chi connectivity index (χ3n) is 24.6. The Morgan fingerprint density at radius 2 is 0.645 bits per heavy atom. The fourth-order valence-electron chi connectivity index (χ4n) is 17.0. The average molecular weight is 1570 g/mol. The second-order valence-electron chi connectivity index (χ2n) is 31.1. The maximum absolute atomic E-state index is 12.4. The van der Waals surface area contributed by atoms with Crippen molar-refractivity contribution in [2.24, 2.45) is 99.1 Å². The van der Waals surface area contributed by atoms with Crippen LogP contribution >= 0.6 is 0 Å². The van der Waals surface area contributed by atoms with Crippen LogP contribution in [0.15, 0.2) is 0 Å². The fraction of sp³-hybridized carbons (Fsp3) is 0.840. The number of carbonyl (C=O) groups excluding carboxylic acids is 13. The second kappa shape index (κ2) is 38.2. The third kappa shape index (κ3) is 17.2. The molecule has 0 radical (unpaired) electrons. The van der Waals surface area contributed by atoms with Crippen LogP contribution in [0.5, 0.6) is 0 Å². The highest BCUT2D eigenvalue weighted by Crippen LogP contribution is 2.61. The van der Waals surface area contributed by atoms with E-state index in [-0.39, 0.29) is 212 Å². The van der Waals surface area contributed by atoms with Crippen LogP contribution in [0, 0.1) is 99.1 Å². The molecule has 15 aliphatic rings. The van der Waals surface area contributed by atoms with Crippen molar-refractivity contribution in [2.45, 2.75) is 320 Å². The van der Waals surface area contributed by atoms with E-state index in [2.05, 4.69) is 0 Å². The zero-order chi connectivity index (χ0) is 73.0. The summed E-state index contributed by atoms with van der Waals surface area (Å²) < 4.78 is 85.7. The summed E-state index contributed by atoms with van der Waals surface area (Å²) in [5.41, 5.74) is -1.75. The topological polar surface area (TPSA) is 370 Å². The van der Waals surface area contributed by atoms with E-state index in [1.807, 2.05) is 69.2 Å². The van der Waals surface area contributed by atoms with Gasteiger partial charge in [-0.05, 0) is 99.3 Å². The maximum Gasteiger partial charge on any atom is 0.313 e. The molecular formula is C81H136O29. The van der Waals surface area contributed by atoms with Crippen molar-refractivity contribution < 1.29 is 138 Å². The molecule has 634 valence electrons. The molecule has 10 bridgehead atoms. The minimum atomic E-state index is -0.774. The Hall–Kier alpha value is -7.01. The number of methoxy groups -OCH3 is 3. The van der Waals surface area contributed by atoms with E-state index in [9.17, 15) is 62.3 Å². The zero-order valence-corrected chi connectivity index (χ0v) is 59.5.